The van der Waals surface area contributed by atoms with Crippen molar-refractivity contribution in [2.75, 3.05) is 82.5 Å². The minimum absolute atomic E-state index is 0. The lowest BCUT2D eigenvalue weighted by molar-refractivity contribution is -0.138. The molecule has 3 aromatic rings. The number of amides is 2. The summed E-state index contributed by atoms with van der Waals surface area (Å²) < 4.78 is 13.3. The molecule has 2 amide bonds. The van der Waals surface area contributed by atoms with Crippen molar-refractivity contribution < 1.29 is 43.7 Å². The number of nitrogen functional groups attached to an aromatic ring is 1. The Morgan fingerprint density at radius 1 is 0.934 bits per heavy atom. The first-order valence-electron chi connectivity index (χ1n) is 20.6. The van der Waals surface area contributed by atoms with Crippen molar-refractivity contribution in [1.29, 1.82) is 0 Å². The van der Waals surface area contributed by atoms with Gasteiger partial charge in [-0.2, -0.15) is 4.98 Å². The molecule has 1 saturated heterocycles. The number of nitrogens with one attached hydrogen (secondary N) is 2. The topological polar surface area (TPSA) is 258 Å². The van der Waals surface area contributed by atoms with Crippen molar-refractivity contribution in [2.45, 2.75) is 90.6 Å². The van der Waals surface area contributed by atoms with Crippen LogP contribution >= 0.6 is 11.8 Å². The molecule has 1 aliphatic rings. The predicted octanol–water partition coefficient (Wildman–Crippen LogP) is 3.13. The molecule has 1 aromatic carbocycles. The Morgan fingerprint density at radius 3 is 2.36 bits per heavy atom. The summed E-state index contributed by atoms with van der Waals surface area (Å²) in [5, 5.41) is 22.8. The van der Waals surface area contributed by atoms with Gasteiger partial charge in [0.1, 0.15) is 11.6 Å². The fourth-order valence-electron chi connectivity index (χ4n) is 6.67. The number of piperazine rings is 1. The average molecular weight is 872 g/mol. The van der Waals surface area contributed by atoms with Crippen molar-refractivity contribution in [3.05, 3.63) is 47.2 Å². The number of aromatic nitrogens is 3. The fourth-order valence-corrected chi connectivity index (χ4v) is 7.75. The molecule has 0 spiro atoms. The van der Waals surface area contributed by atoms with Crippen LogP contribution in [-0.2, 0) is 46.5 Å². The summed E-state index contributed by atoms with van der Waals surface area (Å²) in [6, 6.07) is 7.36. The molecule has 2 aromatic heterocycles. The van der Waals surface area contributed by atoms with Crippen LogP contribution in [0.4, 0.5) is 11.8 Å². The minimum atomic E-state index is -1.26. The number of carbonyl (C=O) groups is 5. The van der Waals surface area contributed by atoms with Gasteiger partial charge in [0, 0.05) is 70.8 Å². The molecule has 1 fully saturated rings. The molecule has 3 heterocycles. The number of nitrogens with zero attached hydrogens (tertiary/aromatic N) is 5. The quantitative estimate of drug-likeness (QED) is 0.0573. The third-order valence-corrected chi connectivity index (χ3v) is 11.4. The molecule has 8 N–H and O–H groups in total. The highest BCUT2D eigenvalue weighted by atomic mass is 32.2. The number of thioether (sulfide) groups is 1. The second-order valence-electron chi connectivity index (χ2n) is 14.9. The van der Waals surface area contributed by atoms with Crippen LogP contribution in [0.5, 0.6) is 0 Å². The lowest BCUT2D eigenvalue weighted by Gasteiger charge is -2.35. The van der Waals surface area contributed by atoms with E-state index in [0.717, 1.165) is 74.1 Å². The van der Waals surface area contributed by atoms with E-state index in [1.54, 1.807) is 0 Å². The van der Waals surface area contributed by atoms with E-state index in [4.69, 9.17) is 31.2 Å². The minimum Gasteiger partial charge on any atom is -0.481 e. The number of fused-ring (bicyclic) bond motifs is 1. The molecule has 0 saturated carbocycles. The molecule has 0 bridgehead atoms. The number of hydrogen-bond donors (Lipinski definition) is 6. The van der Waals surface area contributed by atoms with Crippen LogP contribution in [-0.4, -0.2) is 147 Å². The van der Waals surface area contributed by atoms with E-state index in [1.165, 1.54) is 16.7 Å². The van der Waals surface area contributed by atoms with Gasteiger partial charge in [-0.25, -0.2) is 4.98 Å². The van der Waals surface area contributed by atoms with Crippen molar-refractivity contribution in [1.82, 2.24) is 29.7 Å². The van der Waals surface area contributed by atoms with Crippen LogP contribution in [0.15, 0.2) is 30.5 Å². The van der Waals surface area contributed by atoms with E-state index < -0.39 is 35.6 Å². The number of aryl methyl sites for hydroxylation is 1. The lowest BCUT2D eigenvalue weighted by atomic mass is 10.0. The number of anilines is 2. The number of carbonyl (C=O) groups excluding carboxylic acids is 3. The summed E-state index contributed by atoms with van der Waals surface area (Å²) in [7, 11) is 0. The van der Waals surface area contributed by atoms with E-state index in [0.29, 0.717) is 45.9 Å². The third kappa shape index (κ3) is 17.2. The fraction of sp³-hybridized carbons (Fsp3) is 0.595. The van der Waals surface area contributed by atoms with E-state index in [9.17, 15) is 24.0 Å². The summed E-state index contributed by atoms with van der Waals surface area (Å²) >= 11 is 0.820. The number of hydrogen-bond acceptors (Lipinski definition) is 14. The Hall–Kier alpha value is -4.82. The molecule has 61 heavy (non-hydrogen) atoms. The van der Waals surface area contributed by atoms with Crippen LogP contribution in [0.3, 0.4) is 0 Å². The normalized spacial score (nSPS) is 14.0. The van der Waals surface area contributed by atoms with Crippen LogP contribution in [0, 0.1) is 6.92 Å². The first-order valence-corrected chi connectivity index (χ1v) is 21.6. The molecule has 19 heteroatoms. The molecule has 2 atom stereocenters. The van der Waals surface area contributed by atoms with E-state index in [2.05, 4.69) is 62.1 Å². The number of carboxylic acids is 2. The molecule has 18 nitrogen and oxygen atoms in total. The van der Waals surface area contributed by atoms with Crippen LogP contribution in [0.25, 0.3) is 11.0 Å². The number of Topliss-reactive ketones (excluding diaryl/α,β-unsaturated/α-hetero) is 1. The number of benzene rings is 1. The Balaban J connectivity index is 0.00000992. The van der Waals surface area contributed by atoms with E-state index in [-0.39, 0.29) is 56.8 Å². The summed E-state index contributed by atoms with van der Waals surface area (Å²) in [6.45, 7) is 10.5. The van der Waals surface area contributed by atoms with Gasteiger partial charge in [-0.1, -0.05) is 45.4 Å². The monoisotopic (exact) mass is 871 g/mol. The van der Waals surface area contributed by atoms with Gasteiger partial charge in [0.2, 0.25) is 17.8 Å². The Morgan fingerprint density at radius 2 is 1.67 bits per heavy atom. The number of unbranched alkanes of at least 4 members (excludes halogenated alkanes) is 2. The number of aliphatic carboxylic acids is 2. The third-order valence-electron chi connectivity index (χ3n) is 10.1. The maximum atomic E-state index is 12.8. The highest BCUT2D eigenvalue weighted by molar-refractivity contribution is 8.00. The zero-order chi connectivity index (χ0) is 43.4. The van der Waals surface area contributed by atoms with E-state index >= 15 is 0 Å². The second kappa shape index (κ2) is 26.5. The summed E-state index contributed by atoms with van der Waals surface area (Å²) in [5.74, 6) is -2.48. The number of nitrogens with two attached hydrogens (primary N) is 2. The van der Waals surface area contributed by atoms with Gasteiger partial charge in [-0.3, -0.25) is 28.9 Å². The van der Waals surface area contributed by atoms with Gasteiger partial charge < -0.3 is 51.3 Å². The van der Waals surface area contributed by atoms with Gasteiger partial charge in [0.25, 0.3) is 0 Å². The van der Waals surface area contributed by atoms with Gasteiger partial charge in [0.15, 0.2) is 11.6 Å². The lowest BCUT2D eigenvalue weighted by Crippen LogP contribution is -2.48. The maximum absolute atomic E-state index is 12.8. The molecular formula is C42H65N9O9S. The number of ketones is 1. The molecule has 0 aliphatic carbocycles. The average Bonchev–Trinajstić information content (AvgIpc) is 3.62. The van der Waals surface area contributed by atoms with Gasteiger partial charge in [-0.05, 0) is 42.5 Å². The Labute approximate surface area is 362 Å². The largest absolute Gasteiger partial charge is 0.481 e. The zero-order valence-electron chi connectivity index (χ0n) is 34.7. The second-order valence-corrected chi connectivity index (χ2v) is 16.1. The predicted molar refractivity (Wildman–Crippen MR) is 236 cm³/mol. The number of carboxylic acid groups (broad SMARTS) is 2. The number of ether oxygens (including phenoxy) is 2. The highest BCUT2D eigenvalue weighted by Gasteiger charge is 2.25. The highest BCUT2D eigenvalue weighted by Crippen LogP contribution is 2.25. The molecule has 338 valence electrons. The SMILES string of the molecule is C.CCCCCNc1nc(N)nc2ccn(Cc3ccc(CN4CCN(C(=O)CCOCCOCCCC(=O)CNC(=O)[C@H](CC(=O)O)SC[C@H](N)C(=O)O)CC4)cc3C)c12. The first-order chi connectivity index (χ1) is 28.8. The standard InChI is InChI=1S/C41H61N9O9S.CH4/c1-3-4-5-12-44-38-37-33(46-41(43)47-38)10-13-50(37)26-30-9-8-29(22-28(30)2)25-48-14-16-49(17-15-48)35(52)11-19-59-21-20-58-18-6-7-31(51)24-45-39(55)34(23-36(53)54)60-27-32(42)40(56)57;/h8-10,13,22,32,34H,3-7,11-12,14-21,23-27,42H2,1-2H3,(H,45,55)(H,53,54)(H,56,57)(H3,43,44,46,47);1H4/t32-,34-;/m0./s1. The van der Waals surface area contributed by atoms with Crippen molar-refractivity contribution in [2.24, 2.45) is 5.73 Å². The Bertz CT molecular complexity index is 1890. The molecule has 0 radical (unpaired) electrons. The van der Waals surface area contributed by atoms with Gasteiger partial charge >= 0.3 is 11.9 Å². The van der Waals surface area contributed by atoms with Crippen LogP contribution < -0.4 is 22.1 Å². The van der Waals surface area contributed by atoms with Crippen LogP contribution in [0.1, 0.15) is 76.0 Å². The smallest absolute Gasteiger partial charge is 0.321 e. The summed E-state index contributed by atoms with van der Waals surface area (Å²) in [6.07, 6.45) is 5.72. The zero-order valence-corrected chi connectivity index (χ0v) is 35.6. The van der Waals surface area contributed by atoms with Crippen LogP contribution in [0.2, 0.25) is 0 Å². The first kappa shape index (κ1) is 50.5. The van der Waals surface area contributed by atoms with Crippen molar-refractivity contribution in [3.63, 3.8) is 0 Å². The summed E-state index contributed by atoms with van der Waals surface area (Å²) in [5.41, 5.74) is 16.9. The number of rotatable bonds is 28. The Kier molecular flexibility index (Phi) is 22.0. The molecule has 4 rings (SSSR count). The molecule has 0 unspecified atom stereocenters. The van der Waals surface area contributed by atoms with E-state index in [1.807, 2.05) is 17.2 Å². The van der Waals surface area contributed by atoms with Crippen molar-refractivity contribution in [3.8, 4) is 0 Å². The van der Waals surface area contributed by atoms with Gasteiger partial charge in [-0.15, -0.1) is 11.8 Å². The maximum Gasteiger partial charge on any atom is 0.321 e. The summed E-state index contributed by atoms with van der Waals surface area (Å²) in [4.78, 5) is 72.7. The molecular weight excluding hydrogens is 807 g/mol. The van der Waals surface area contributed by atoms with Crippen molar-refractivity contribution >= 4 is 64.1 Å². The molecule has 1 aliphatic heterocycles. The van der Waals surface area contributed by atoms with Gasteiger partial charge in [0.05, 0.1) is 50.0 Å².